The van der Waals surface area contributed by atoms with Crippen LogP contribution in [-0.4, -0.2) is 42.1 Å². The van der Waals surface area contributed by atoms with Crippen molar-refractivity contribution in [2.75, 3.05) is 20.2 Å². The van der Waals surface area contributed by atoms with E-state index in [-0.39, 0.29) is 17.7 Å². The van der Waals surface area contributed by atoms with Gasteiger partial charge in [-0.15, -0.1) is 0 Å². The standard InChI is InChI=1S/C21H29NO4/c1-14-6-7-16(12-18(14)26-3)21(9-4-5-10-21)20(25)22-11-8-17(19(23)24)15(2)13-22/h6-7,12,15,17H,4-5,8-11,13H2,1-3H3,(H,23,24). The third kappa shape index (κ3) is 3.19. The second-order valence-corrected chi connectivity index (χ2v) is 7.94. The number of ether oxygens (including phenoxy) is 1. The first-order valence-corrected chi connectivity index (χ1v) is 9.56. The van der Waals surface area contributed by atoms with Crippen molar-refractivity contribution in [3.8, 4) is 5.75 Å². The number of carboxylic acid groups (broad SMARTS) is 1. The highest BCUT2D eigenvalue weighted by Gasteiger charge is 2.46. The quantitative estimate of drug-likeness (QED) is 0.895. The Hall–Kier alpha value is -2.04. The molecule has 1 aromatic rings. The Kier molecular flexibility index (Phi) is 5.26. The Morgan fingerprint density at radius 2 is 1.96 bits per heavy atom. The molecule has 0 spiro atoms. The Morgan fingerprint density at radius 1 is 1.27 bits per heavy atom. The lowest BCUT2D eigenvalue weighted by atomic mass is 9.76. The van der Waals surface area contributed by atoms with Gasteiger partial charge in [0, 0.05) is 13.1 Å². The third-order valence-electron chi connectivity index (χ3n) is 6.34. The van der Waals surface area contributed by atoms with E-state index in [0.29, 0.717) is 19.5 Å². The van der Waals surface area contributed by atoms with Crippen LogP contribution in [0.1, 0.15) is 50.2 Å². The number of nitrogens with zero attached hydrogens (tertiary/aromatic N) is 1. The monoisotopic (exact) mass is 359 g/mol. The van der Waals surface area contributed by atoms with Crippen LogP contribution in [0.25, 0.3) is 0 Å². The highest BCUT2D eigenvalue weighted by molar-refractivity contribution is 5.89. The maximum Gasteiger partial charge on any atom is 0.306 e. The van der Waals surface area contributed by atoms with E-state index in [9.17, 15) is 14.7 Å². The van der Waals surface area contributed by atoms with Gasteiger partial charge < -0.3 is 14.7 Å². The van der Waals surface area contributed by atoms with Crippen LogP contribution in [0.3, 0.4) is 0 Å². The van der Waals surface area contributed by atoms with Crippen molar-refractivity contribution < 1.29 is 19.4 Å². The van der Waals surface area contributed by atoms with Crippen LogP contribution in [0.5, 0.6) is 5.75 Å². The zero-order valence-electron chi connectivity index (χ0n) is 16.0. The molecule has 2 fully saturated rings. The van der Waals surface area contributed by atoms with Gasteiger partial charge in [0.1, 0.15) is 5.75 Å². The lowest BCUT2D eigenvalue weighted by Crippen LogP contribution is -2.51. The van der Waals surface area contributed by atoms with E-state index >= 15 is 0 Å². The van der Waals surface area contributed by atoms with Crippen LogP contribution in [0.2, 0.25) is 0 Å². The van der Waals surface area contributed by atoms with Gasteiger partial charge in [0.15, 0.2) is 0 Å². The van der Waals surface area contributed by atoms with E-state index in [4.69, 9.17) is 4.74 Å². The summed E-state index contributed by atoms with van der Waals surface area (Å²) in [6, 6.07) is 6.11. The van der Waals surface area contributed by atoms with E-state index in [1.54, 1.807) is 7.11 Å². The minimum atomic E-state index is -0.747. The van der Waals surface area contributed by atoms with Crippen LogP contribution in [-0.2, 0) is 15.0 Å². The number of aryl methyl sites for hydroxylation is 1. The normalized spacial score (nSPS) is 25.1. The molecule has 1 aliphatic heterocycles. The summed E-state index contributed by atoms with van der Waals surface area (Å²) in [7, 11) is 1.66. The predicted molar refractivity (Wildman–Crippen MR) is 99.4 cm³/mol. The predicted octanol–water partition coefficient (Wildman–Crippen LogP) is 3.38. The lowest BCUT2D eigenvalue weighted by molar-refractivity contribution is -0.150. The van der Waals surface area contributed by atoms with E-state index in [1.165, 1.54) is 0 Å². The molecule has 1 amide bonds. The fourth-order valence-electron chi connectivity index (χ4n) is 4.72. The molecular formula is C21H29NO4. The van der Waals surface area contributed by atoms with Crippen LogP contribution in [0.15, 0.2) is 18.2 Å². The highest BCUT2D eigenvalue weighted by Crippen LogP contribution is 2.44. The van der Waals surface area contributed by atoms with Gasteiger partial charge in [0.2, 0.25) is 5.91 Å². The maximum atomic E-state index is 13.6. The number of carbonyl (C=O) groups excluding carboxylic acids is 1. The summed E-state index contributed by atoms with van der Waals surface area (Å²) in [5, 5.41) is 9.34. The van der Waals surface area contributed by atoms with Crippen molar-refractivity contribution in [1.82, 2.24) is 4.90 Å². The average molecular weight is 359 g/mol. The number of aliphatic carboxylic acids is 1. The summed E-state index contributed by atoms with van der Waals surface area (Å²) in [6.45, 7) is 5.00. The molecule has 2 atom stereocenters. The summed E-state index contributed by atoms with van der Waals surface area (Å²) < 4.78 is 5.48. The number of hydrogen-bond acceptors (Lipinski definition) is 3. The molecule has 2 aliphatic rings. The second kappa shape index (κ2) is 7.29. The number of piperidine rings is 1. The number of likely N-dealkylation sites (tertiary alicyclic amines) is 1. The SMILES string of the molecule is COc1cc(C2(C(=O)N3CCC(C(=O)O)C(C)C3)CCCC2)ccc1C. The van der Waals surface area contributed by atoms with Gasteiger partial charge in [-0.2, -0.15) is 0 Å². The Morgan fingerprint density at radius 3 is 2.54 bits per heavy atom. The summed E-state index contributed by atoms with van der Waals surface area (Å²) >= 11 is 0. The zero-order chi connectivity index (χ0) is 18.9. The second-order valence-electron chi connectivity index (χ2n) is 7.94. The minimum absolute atomic E-state index is 0.0174. The Balaban J connectivity index is 1.88. The molecule has 1 saturated carbocycles. The third-order valence-corrected chi connectivity index (χ3v) is 6.34. The molecule has 26 heavy (non-hydrogen) atoms. The van der Waals surface area contributed by atoms with E-state index in [1.807, 2.05) is 30.9 Å². The first-order valence-electron chi connectivity index (χ1n) is 9.56. The molecular weight excluding hydrogens is 330 g/mol. The van der Waals surface area contributed by atoms with Crippen LogP contribution in [0, 0.1) is 18.8 Å². The molecule has 1 N–H and O–H groups in total. The molecule has 2 unspecified atom stereocenters. The summed E-state index contributed by atoms with van der Waals surface area (Å²) in [6.07, 6.45) is 4.33. The minimum Gasteiger partial charge on any atom is -0.496 e. The topological polar surface area (TPSA) is 66.8 Å². The molecule has 0 aromatic heterocycles. The summed E-state index contributed by atoms with van der Waals surface area (Å²) in [4.78, 5) is 26.8. The molecule has 5 heteroatoms. The fourth-order valence-corrected chi connectivity index (χ4v) is 4.72. The molecule has 0 bridgehead atoms. The highest BCUT2D eigenvalue weighted by atomic mass is 16.5. The van der Waals surface area contributed by atoms with E-state index in [0.717, 1.165) is 42.6 Å². The van der Waals surface area contributed by atoms with Crippen molar-refractivity contribution in [2.45, 2.75) is 51.4 Å². The largest absolute Gasteiger partial charge is 0.496 e. The summed E-state index contributed by atoms with van der Waals surface area (Å²) in [5.41, 5.74) is 1.61. The molecule has 3 rings (SSSR count). The molecule has 1 saturated heterocycles. The van der Waals surface area contributed by atoms with Gasteiger partial charge in [-0.1, -0.05) is 31.9 Å². The lowest BCUT2D eigenvalue weighted by Gasteiger charge is -2.40. The number of amides is 1. The maximum absolute atomic E-state index is 13.6. The van der Waals surface area contributed by atoms with E-state index < -0.39 is 11.4 Å². The zero-order valence-corrected chi connectivity index (χ0v) is 16.0. The Bertz CT molecular complexity index is 693. The van der Waals surface area contributed by atoms with Gasteiger partial charge in [-0.3, -0.25) is 9.59 Å². The van der Waals surface area contributed by atoms with Crippen LogP contribution < -0.4 is 4.74 Å². The summed E-state index contributed by atoms with van der Waals surface area (Å²) in [5.74, 6) is -0.131. The first-order chi connectivity index (χ1) is 12.4. The number of carboxylic acids is 1. The van der Waals surface area contributed by atoms with Gasteiger partial charge >= 0.3 is 5.97 Å². The number of carbonyl (C=O) groups is 2. The smallest absolute Gasteiger partial charge is 0.306 e. The number of methoxy groups -OCH3 is 1. The molecule has 5 nitrogen and oxygen atoms in total. The van der Waals surface area contributed by atoms with Crippen LogP contribution >= 0.6 is 0 Å². The van der Waals surface area contributed by atoms with Gasteiger partial charge in [-0.05, 0) is 49.3 Å². The van der Waals surface area contributed by atoms with Gasteiger partial charge in [-0.25, -0.2) is 0 Å². The molecule has 142 valence electrons. The molecule has 1 aromatic carbocycles. The Labute approximate surface area is 155 Å². The number of hydrogen-bond donors (Lipinski definition) is 1. The van der Waals surface area contributed by atoms with Crippen molar-refractivity contribution >= 4 is 11.9 Å². The van der Waals surface area contributed by atoms with Crippen molar-refractivity contribution in [2.24, 2.45) is 11.8 Å². The average Bonchev–Trinajstić information content (AvgIpc) is 3.12. The molecule has 1 heterocycles. The van der Waals surface area contributed by atoms with Crippen molar-refractivity contribution in [1.29, 1.82) is 0 Å². The number of rotatable bonds is 4. The van der Waals surface area contributed by atoms with Gasteiger partial charge in [0.05, 0.1) is 18.4 Å². The number of benzene rings is 1. The van der Waals surface area contributed by atoms with Crippen molar-refractivity contribution in [3.63, 3.8) is 0 Å². The fraction of sp³-hybridized carbons (Fsp3) is 0.619. The van der Waals surface area contributed by atoms with Crippen molar-refractivity contribution in [3.05, 3.63) is 29.3 Å². The van der Waals surface area contributed by atoms with Crippen LogP contribution in [0.4, 0.5) is 0 Å². The molecule has 0 radical (unpaired) electrons. The first kappa shape index (κ1) is 18.7. The van der Waals surface area contributed by atoms with Gasteiger partial charge in [0.25, 0.3) is 0 Å². The molecule has 1 aliphatic carbocycles. The van der Waals surface area contributed by atoms with E-state index in [2.05, 4.69) is 6.07 Å².